The summed E-state index contributed by atoms with van der Waals surface area (Å²) in [6, 6.07) is 0. The van der Waals surface area contributed by atoms with Crippen molar-refractivity contribution in [3.8, 4) is 0 Å². The van der Waals surface area contributed by atoms with Crippen LogP contribution in [0.1, 0.15) is 39.3 Å². The first-order chi connectivity index (χ1) is 9.35. The van der Waals surface area contributed by atoms with Crippen LogP contribution >= 0.6 is 11.3 Å². The number of carbonyl (C=O) groups is 2. The molecule has 1 aromatic rings. The topological polar surface area (TPSA) is 62.3 Å². The van der Waals surface area contributed by atoms with Crippen LogP contribution in [0.3, 0.4) is 0 Å². The summed E-state index contributed by atoms with van der Waals surface area (Å²) >= 11 is 1.43. The maximum atomic E-state index is 11.8. The Bertz CT molecular complexity index is 505. The van der Waals surface area contributed by atoms with E-state index >= 15 is 0 Å². The lowest BCUT2D eigenvalue weighted by atomic mass is 9.97. The molecular weight excluding hydrogens is 274 g/mol. The zero-order valence-electron chi connectivity index (χ0n) is 12.2. The Morgan fingerprint density at radius 1 is 1.50 bits per heavy atom. The van der Waals surface area contributed by atoms with Gasteiger partial charge in [0, 0.05) is 24.9 Å². The number of anilines is 1. The molecule has 0 aliphatic carbocycles. The Labute approximate surface area is 123 Å². The molecule has 1 aliphatic heterocycles. The molecule has 6 heteroatoms. The SMILES string of the molecule is CC(C)(C)CNC(=O)Cc1csc(N2CCCC2=O)n1. The van der Waals surface area contributed by atoms with Crippen molar-refractivity contribution in [1.82, 2.24) is 10.3 Å². The van der Waals surface area contributed by atoms with Gasteiger partial charge >= 0.3 is 0 Å². The quantitative estimate of drug-likeness (QED) is 0.924. The fraction of sp³-hybridized carbons (Fsp3) is 0.643. The summed E-state index contributed by atoms with van der Waals surface area (Å²) in [5.41, 5.74) is 0.807. The Morgan fingerprint density at radius 2 is 2.25 bits per heavy atom. The average molecular weight is 295 g/mol. The second-order valence-corrected chi connectivity index (χ2v) is 7.12. The molecule has 20 heavy (non-hydrogen) atoms. The second kappa shape index (κ2) is 5.91. The molecule has 2 heterocycles. The van der Waals surface area contributed by atoms with Crippen LogP contribution in [-0.2, 0) is 16.0 Å². The zero-order valence-corrected chi connectivity index (χ0v) is 13.0. The van der Waals surface area contributed by atoms with E-state index in [-0.39, 0.29) is 23.7 Å². The van der Waals surface area contributed by atoms with Gasteiger partial charge in [-0.1, -0.05) is 20.8 Å². The van der Waals surface area contributed by atoms with E-state index in [2.05, 4.69) is 31.1 Å². The summed E-state index contributed by atoms with van der Waals surface area (Å²) in [4.78, 5) is 29.6. The number of nitrogens with zero attached hydrogens (tertiary/aromatic N) is 2. The summed E-state index contributed by atoms with van der Waals surface area (Å²) in [5.74, 6) is 0.104. The van der Waals surface area contributed by atoms with Crippen molar-refractivity contribution >= 4 is 28.3 Å². The van der Waals surface area contributed by atoms with Crippen LogP contribution in [0.2, 0.25) is 0 Å². The minimum Gasteiger partial charge on any atom is -0.355 e. The van der Waals surface area contributed by atoms with Crippen molar-refractivity contribution in [3.63, 3.8) is 0 Å². The third-order valence-electron chi connectivity index (χ3n) is 3.00. The summed E-state index contributed by atoms with van der Waals surface area (Å²) < 4.78 is 0. The number of thiazole rings is 1. The van der Waals surface area contributed by atoms with Crippen LogP contribution in [0.4, 0.5) is 5.13 Å². The van der Waals surface area contributed by atoms with Gasteiger partial charge in [0.2, 0.25) is 11.8 Å². The largest absolute Gasteiger partial charge is 0.355 e. The van der Waals surface area contributed by atoms with E-state index in [1.165, 1.54) is 11.3 Å². The van der Waals surface area contributed by atoms with E-state index in [0.717, 1.165) is 18.7 Å². The third-order valence-corrected chi connectivity index (χ3v) is 3.91. The number of carbonyl (C=O) groups excluding carboxylic acids is 2. The first-order valence-electron chi connectivity index (χ1n) is 6.87. The Kier molecular flexibility index (Phi) is 4.42. The number of hydrogen-bond acceptors (Lipinski definition) is 4. The summed E-state index contributed by atoms with van der Waals surface area (Å²) in [6.45, 7) is 7.61. The maximum Gasteiger partial charge on any atom is 0.228 e. The van der Waals surface area contributed by atoms with Crippen LogP contribution in [0.5, 0.6) is 0 Å². The lowest BCUT2D eigenvalue weighted by molar-refractivity contribution is -0.121. The smallest absolute Gasteiger partial charge is 0.228 e. The number of hydrogen-bond donors (Lipinski definition) is 1. The third kappa shape index (κ3) is 4.03. The van der Waals surface area contributed by atoms with Gasteiger partial charge in [-0.2, -0.15) is 0 Å². The van der Waals surface area contributed by atoms with Gasteiger partial charge in [0.25, 0.3) is 0 Å². The maximum absolute atomic E-state index is 11.8. The minimum absolute atomic E-state index is 0.0236. The van der Waals surface area contributed by atoms with E-state index in [9.17, 15) is 9.59 Å². The molecule has 1 fully saturated rings. The average Bonchev–Trinajstić information content (AvgIpc) is 2.94. The van der Waals surface area contributed by atoms with Crippen LogP contribution in [0.15, 0.2) is 5.38 Å². The van der Waals surface area contributed by atoms with Gasteiger partial charge in [0.15, 0.2) is 5.13 Å². The lowest BCUT2D eigenvalue weighted by Crippen LogP contribution is -2.33. The lowest BCUT2D eigenvalue weighted by Gasteiger charge is -2.18. The second-order valence-electron chi connectivity index (χ2n) is 6.28. The minimum atomic E-state index is -0.0236. The normalized spacial score (nSPS) is 15.8. The number of aromatic nitrogens is 1. The standard InChI is InChI=1S/C14H21N3O2S/c1-14(2,3)9-15-11(18)7-10-8-20-13(16-10)17-6-4-5-12(17)19/h8H,4-7,9H2,1-3H3,(H,15,18). The van der Waals surface area contributed by atoms with Crippen LogP contribution < -0.4 is 10.2 Å². The highest BCUT2D eigenvalue weighted by atomic mass is 32.1. The Morgan fingerprint density at radius 3 is 2.85 bits per heavy atom. The van der Waals surface area contributed by atoms with E-state index in [1.54, 1.807) is 4.90 Å². The summed E-state index contributed by atoms with van der Waals surface area (Å²) in [7, 11) is 0. The Hall–Kier alpha value is -1.43. The molecule has 2 rings (SSSR count). The first-order valence-corrected chi connectivity index (χ1v) is 7.74. The van der Waals surface area contributed by atoms with Crippen LogP contribution in [0, 0.1) is 5.41 Å². The fourth-order valence-corrected chi connectivity index (χ4v) is 2.81. The molecule has 0 atom stereocenters. The summed E-state index contributed by atoms with van der Waals surface area (Å²) in [5, 5.41) is 5.48. The van der Waals surface area contributed by atoms with E-state index in [0.29, 0.717) is 18.1 Å². The predicted molar refractivity (Wildman–Crippen MR) is 79.9 cm³/mol. The number of rotatable bonds is 4. The zero-order chi connectivity index (χ0) is 14.8. The van der Waals surface area contributed by atoms with Gasteiger partial charge in [0.05, 0.1) is 12.1 Å². The van der Waals surface area contributed by atoms with Gasteiger partial charge in [-0.25, -0.2) is 4.98 Å². The van der Waals surface area contributed by atoms with Gasteiger partial charge < -0.3 is 5.32 Å². The number of nitrogens with one attached hydrogen (secondary N) is 1. The predicted octanol–water partition coefficient (Wildman–Crippen LogP) is 1.97. The van der Waals surface area contributed by atoms with Gasteiger partial charge in [-0.15, -0.1) is 11.3 Å². The van der Waals surface area contributed by atoms with Gasteiger partial charge in [0.1, 0.15) is 0 Å². The molecule has 1 N–H and O–H groups in total. The van der Waals surface area contributed by atoms with Crippen molar-refractivity contribution in [1.29, 1.82) is 0 Å². The Balaban J connectivity index is 1.89. The molecule has 0 unspecified atom stereocenters. The molecule has 0 bridgehead atoms. The van der Waals surface area contributed by atoms with Gasteiger partial charge in [-0.3, -0.25) is 14.5 Å². The van der Waals surface area contributed by atoms with E-state index in [1.807, 2.05) is 5.38 Å². The molecular formula is C14H21N3O2S. The first kappa shape index (κ1) is 15.0. The van der Waals surface area contributed by atoms with Crippen molar-refractivity contribution in [2.24, 2.45) is 5.41 Å². The molecule has 1 saturated heterocycles. The van der Waals surface area contributed by atoms with Crippen molar-refractivity contribution < 1.29 is 9.59 Å². The molecule has 1 aliphatic rings. The fourth-order valence-electron chi connectivity index (χ4n) is 1.94. The van der Waals surface area contributed by atoms with Crippen molar-refractivity contribution in [2.75, 3.05) is 18.0 Å². The van der Waals surface area contributed by atoms with Crippen LogP contribution in [0.25, 0.3) is 0 Å². The summed E-state index contributed by atoms with van der Waals surface area (Å²) in [6.07, 6.45) is 1.76. The monoisotopic (exact) mass is 295 g/mol. The molecule has 1 aromatic heterocycles. The van der Waals surface area contributed by atoms with E-state index < -0.39 is 0 Å². The molecule has 110 valence electrons. The molecule has 5 nitrogen and oxygen atoms in total. The van der Waals surface area contributed by atoms with Crippen molar-refractivity contribution in [3.05, 3.63) is 11.1 Å². The molecule has 0 radical (unpaired) electrons. The van der Waals surface area contributed by atoms with Crippen LogP contribution in [-0.4, -0.2) is 29.9 Å². The molecule has 0 aromatic carbocycles. The highest BCUT2D eigenvalue weighted by Crippen LogP contribution is 2.25. The van der Waals surface area contributed by atoms with Crippen molar-refractivity contribution in [2.45, 2.75) is 40.0 Å². The molecule has 0 spiro atoms. The highest BCUT2D eigenvalue weighted by Gasteiger charge is 2.24. The van der Waals surface area contributed by atoms with Gasteiger partial charge in [-0.05, 0) is 11.8 Å². The molecule has 2 amide bonds. The highest BCUT2D eigenvalue weighted by molar-refractivity contribution is 7.14. The number of amides is 2. The molecule has 0 saturated carbocycles. The van der Waals surface area contributed by atoms with E-state index in [4.69, 9.17) is 0 Å².